The number of methoxy groups -OCH3 is 1. The van der Waals surface area contributed by atoms with E-state index in [2.05, 4.69) is 29.4 Å². The van der Waals surface area contributed by atoms with Gasteiger partial charge < -0.3 is 15.0 Å². The predicted octanol–water partition coefficient (Wildman–Crippen LogP) is 0.613. The van der Waals surface area contributed by atoms with Crippen LogP contribution in [0.2, 0.25) is 0 Å². The smallest absolute Gasteiger partial charge is 0.275 e. The molecule has 0 heterocycles. The molecule has 1 unspecified atom stereocenters. The molecule has 4 heteroatoms. The number of ether oxygens (including phenoxy) is 1. The number of nitrogens with one attached hydrogen (secondary N) is 2. The zero-order chi connectivity index (χ0) is 15.9. The Bertz CT molecular complexity index is 704. The lowest BCUT2D eigenvalue weighted by Gasteiger charge is -2.14. The molecule has 2 aromatic carbocycles. The third-order valence-corrected chi connectivity index (χ3v) is 3.47. The first-order valence-electron chi connectivity index (χ1n) is 7.20. The molecule has 0 fully saturated rings. The molecule has 22 heavy (non-hydrogen) atoms. The van der Waals surface area contributed by atoms with Crippen LogP contribution in [-0.4, -0.2) is 33.2 Å². The van der Waals surface area contributed by atoms with Crippen LogP contribution in [0.4, 0.5) is 0 Å². The largest absolute Gasteiger partial charge is 0.497 e. The fourth-order valence-corrected chi connectivity index (χ4v) is 2.41. The molecule has 0 aliphatic heterocycles. The summed E-state index contributed by atoms with van der Waals surface area (Å²) in [6, 6.07) is 12.3. The maximum Gasteiger partial charge on any atom is 0.275 e. The van der Waals surface area contributed by atoms with Gasteiger partial charge in [-0.25, -0.2) is 0 Å². The lowest BCUT2D eigenvalue weighted by molar-refractivity contribution is -0.885. The van der Waals surface area contributed by atoms with Gasteiger partial charge in [-0.05, 0) is 29.0 Å². The van der Waals surface area contributed by atoms with Crippen molar-refractivity contribution in [3.8, 4) is 18.1 Å². The molecule has 1 atom stereocenters. The Balaban J connectivity index is 2.02. The van der Waals surface area contributed by atoms with Crippen LogP contribution in [0.3, 0.4) is 0 Å². The highest BCUT2D eigenvalue weighted by molar-refractivity contribution is 5.84. The SMILES string of the molecule is C#CCNC(=O)C[NH+](C)Cc1ccc2cc(OC)ccc2c1. The molecule has 2 aromatic rings. The first kappa shape index (κ1) is 15.9. The van der Waals surface area contributed by atoms with Crippen LogP contribution < -0.4 is 15.0 Å². The average molecular weight is 297 g/mol. The summed E-state index contributed by atoms with van der Waals surface area (Å²) in [5.41, 5.74) is 1.19. The van der Waals surface area contributed by atoms with Crippen LogP contribution in [0.15, 0.2) is 36.4 Å². The molecule has 2 rings (SSSR count). The van der Waals surface area contributed by atoms with E-state index >= 15 is 0 Å². The maximum atomic E-state index is 11.6. The summed E-state index contributed by atoms with van der Waals surface area (Å²) in [5, 5.41) is 5.00. The van der Waals surface area contributed by atoms with E-state index in [4.69, 9.17) is 11.2 Å². The van der Waals surface area contributed by atoms with E-state index < -0.39 is 0 Å². The third-order valence-electron chi connectivity index (χ3n) is 3.47. The van der Waals surface area contributed by atoms with Crippen molar-refractivity contribution in [1.29, 1.82) is 0 Å². The van der Waals surface area contributed by atoms with Crippen molar-refractivity contribution < 1.29 is 14.4 Å². The summed E-state index contributed by atoms with van der Waals surface area (Å²) in [5.74, 6) is 3.23. The van der Waals surface area contributed by atoms with Gasteiger partial charge in [-0.2, -0.15) is 0 Å². The van der Waals surface area contributed by atoms with Gasteiger partial charge in [-0.3, -0.25) is 4.79 Å². The van der Waals surface area contributed by atoms with E-state index in [1.807, 2.05) is 25.2 Å². The van der Waals surface area contributed by atoms with Gasteiger partial charge in [0.25, 0.3) is 5.91 Å². The van der Waals surface area contributed by atoms with Crippen molar-refractivity contribution >= 4 is 16.7 Å². The number of rotatable bonds is 6. The number of hydrogen-bond donors (Lipinski definition) is 2. The van der Waals surface area contributed by atoms with Gasteiger partial charge in [0, 0.05) is 5.56 Å². The maximum absolute atomic E-state index is 11.6. The van der Waals surface area contributed by atoms with Gasteiger partial charge in [0.1, 0.15) is 12.3 Å². The monoisotopic (exact) mass is 297 g/mol. The van der Waals surface area contributed by atoms with Gasteiger partial charge in [0.2, 0.25) is 0 Å². The van der Waals surface area contributed by atoms with Crippen LogP contribution in [-0.2, 0) is 11.3 Å². The van der Waals surface area contributed by atoms with E-state index in [0.717, 1.165) is 22.6 Å². The summed E-state index contributed by atoms with van der Waals surface area (Å²) in [4.78, 5) is 12.8. The van der Waals surface area contributed by atoms with Crippen molar-refractivity contribution in [2.45, 2.75) is 6.54 Å². The molecule has 0 spiro atoms. The number of carbonyl (C=O) groups excluding carboxylic acids is 1. The van der Waals surface area contributed by atoms with Gasteiger partial charge in [-0.1, -0.05) is 24.1 Å². The molecular weight excluding hydrogens is 276 g/mol. The average Bonchev–Trinajstić information content (AvgIpc) is 2.52. The van der Waals surface area contributed by atoms with Crippen LogP contribution in [0.25, 0.3) is 10.8 Å². The number of quaternary nitrogens is 1. The first-order chi connectivity index (χ1) is 10.6. The van der Waals surface area contributed by atoms with Gasteiger partial charge >= 0.3 is 0 Å². The normalized spacial score (nSPS) is 11.7. The second-order valence-corrected chi connectivity index (χ2v) is 5.34. The minimum absolute atomic E-state index is 0.0269. The Hall–Kier alpha value is -2.51. The summed E-state index contributed by atoms with van der Waals surface area (Å²) in [6.07, 6.45) is 5.12. The topological polar surface area (TPSA) is 42.8 Å². The Labute approximate surface area is 131 Å². The lowest BCUT2D eigenvalue weighted by atomic mass is 10.1. The number of terminal acetylenes is 1. The molecule has 0 aliphatic carbocycles. The second kappa shape index (κ2) is 7.48. The third kappa shape index (κ3) is 4.24. The molecule has 114 valence electrons. The Morgan fingerprint density at radius 3 is 2.73 bits per heavy atom. The van der Waals surface area contributed by atoms with Crippen molar-refractivity contribution in [2.24, 2.45) is 0 Å². The minimum atomic E-state index is -0.0269. The number of hydrogen-bond acceptors (Lipinski definition) is 2. The Kier molecular flexibility index (Phi) is 5.40. The lowest BCUT2D eigenvalue weighted by Crippen LogP contribution is -3.08. The molecule has 4 nitrogen and oxygen atoms in total. The van der Waals surface area contributed by atoms with Crippen LogP contribution in [0, 0.1) is 12.3 Å². The number of benzene rings is 2. The van der Waals surface area contributed by atoms with Gasteiger partial charge in [0.15, 0.2) is 6.54 Å². The van der Waals surface area contributed by atoms with E-state index in [1.54, 1.807) is 7.11 Å². The summed E-state index contributed by atoms with van der Waals surface area (Å²) in [6.45, 7) is 1.47. The molecule has 0 saturated carbocycles. The van der Waals surface area contributed by atoms with Crippen molar-refractivity contribution in [3.63, 3.8) is 0 Å². The fraction of sp³-hybridized carbons (Fsp3) is 0.278. The molecule has 0 bridgehead atoms. The van der Waals surface area contributed by atoms with Crippen LogP contribution in [0.1, 0.15) is 5.56 Å². The second-order valence-electron chi connectivity index (χ2n) is 5.34. The standard InChI is InChI=1S/C18H20N2O2/c1-4-9-19-18(21)13-20(2)12-14-5-6-16-11-17(22-3)8-7-15(16)10-14/h1,5-8,10-11H,9,12-13H2,2-3H3,(H,19,21)/p+1. The molecule has 1 amide bonds. The Morgan fingerprint density at radius 1 is 1.27 bits per heavy atom. The number of fused-ring (bicyclic) bond motifs is 1. The van der Waals surface area contributed by atoms with Gasteiger partial charge in [-0.15, -0.1) is 6.42 Å². The fourth-order valence-electron chi connectivity index (χ4n) is 2.41. The molecule has 2 N–H and O–H groups in total. The molecule has 0 aliphatic rings. The first-order valence-corrected chi connectivity index (χ1v) is 7.20. The zero-order valence-corrected chi connectivity index (χ0v) is 13.0. The molecule has 0 aromatic heterocycles. The molecular formula is C18H21N2O2+. The van der Waals surface area contributed by atoms with E-state index in [0.29, 0.717) is 6.54 Å². The zero-order valence-electron chi connectivity index (χ0n) is 13.0. The van der Waals surface area contributed by atoms with Crippen molar-refractivity contribution in [3.05, 3.63) is 42.0 Å². The number of amides is 1. The molecule has 0 radical (unpaired) electrons. The van der Waals surface area contributed by atoms with Crippen molar-refractivity contribution in [2.75, 3.05) is 27.2 Å². The molecule has 0 saturated heterocycles. The highest BCUT2D eigenvalue weighted by atomic mass is 16.5. The number of carbonyl (C=O) groups is 1. The highest BCUT2D eigenvalue weighted by Crippen LogP contribution is 2.21. The van der Waals surface area contributed by atoms with Crippen LogP contribution >= 0.6 is 0 Å². The van der Waals surface area contributed by atoms with Crippen molar-refractivity contribution in [1.82, 2.24) is 5.32 Å². The summed E-state index contributed by atoms with van der Waals surface area (Å²) in [7, 11) is 3.66. The summed E-state index contributed by atoms with van der Waals surface area (Å²) < 4.78 is 5.23. The van der Waals surface area contributed by atoms with E-state index in [-0.39, 0.29) is 12.5 Å². The van der Waals surface area contributed by atoms with E-state index in [9.17, 15) is 4.79 Å². The Morgan fingerprint density at radius 2 is 2.00 bits per heavy atom. The number of likely N-dealkylation sites (N-methyl/N-ethyl adjacent to an activating group) is 1. The quantitative estimate of drug-likeness (QED) is 0.767. The summed E-state index contributed by atoms with van der Waals surface area (Å²) >= 11 is 0. The minimum Gasteiger partial charge on any atom is -0.497 e. The predicted molar refractivity (Wildman–Crippen MR) is 87.8 cm³/mol. The van der Waals surface area contributed by atoms with E-state index in [1.165, 1.54) is 10.9 Å². The highest BCUT2D eigenvalue weighted by Gasteiger charge is 2.10. The van der Waals surface area contributed by atoms with Gasteiger partial charge in [0.05, 0.1) is 20.7 Å². The van der Waals surface area contributed by atoms with Crippen LogP contribution in [0.5, 0.6) is 5.75 Å².